The fourth-order valence-electron chi connectivity index (χ4n) is 2.63. The predicted octanol–water partition coefficient (Wildman–Crippen LogP) is -0.0436. The van der Waals surface area contributed by atoms with Gasteiger partial charge >= 0.3 is 18.0 Å². The third-order valence-electron chi connectivity index (χ3n) is 3.66. The Balaban J connectivity index is 3.63. The number of urea groups is 1. The molecule has 10 heteroatoms. The van der Waals surface area contributed by atoms with Gasteiger partial charge in [0, 0.05) is 32.0 Å². The number of carbonyl (C=O) groups excluding carboxylic acids is 1. The van der Waals surface area contributed by atoms with E-state index in [0.717, 1.165) is 4.90 Å². The van der Waals surface area contributed by atoms with Crippen LogP contribution in [0.2, 0.25) is 0 Å². The van der Waals surface area contributed by atoms with Crippen molar-refractivity contribution in [2.75, 3.05) is 13.2 Å². The number of aliphatic hydroxyl groups is 1. The van der Waals surface area contributed by atoms with Crippen LogP contribution in [0.1, 0.15) is 26.4 Å². The van der Waals surface area contributed by atoms with Crippen LogP contribution in [0, 0.1) is 11.3 Å². The van der Waals surface area contributed by atoms with Gasteiger partial charge in [-0.05, 0) is 5.92 Å². The van der Waals surface area contributed by atoms with Crippen molar-refractivity contribution in [1.29, 1.82) is 0 Å². The predicted molar refractivity (Wildman–Crippen MR) is 81.8 cm³/mol. The summed E-state index contributed by atoms with van der Waals surface area (Å²) in [5, 5.41) is 28.6. The van der Waals surface area contributed by atoms with Gasteiger partial charge < -0.3 is 30.5 Å². The van der Waals surface area contributed by atoms with E-state index in [0.29, 0.717) is 0 Å². The summed E-state index contributed by atoms with van der Waals surface area (Å²) in [5.41, 5.74) is 2.90. The molecule has 0 aliphatic heterocycles. The number of amides is 2. The SMILES string of the molecule is CC(C)CN(C(N)=O)C(n1ccnc1)C(CCO)(C(=O)O)C(=O)O. The maximum absolute atomic E-state index is 11.9. The molecular weight excluding hydrogens is 320 g/mol. The summed E-state index contributed by atoms with van der Waals surface area (Å²) in [7, 11) is 0. The lowest BCUT2D eigenvalue weighted by Gasteiger charge is -2.41. The van der Waals surface area contributed by atoms with Crippen molar-refractivity contribution in [1.82, 2.24) is 14.5 Å². The number of hydrogen-bond donors (Lipinski definition) is 4. The van der Waals surface area contributed by atoms with Crippen LogP contribution in [0.4, 0.5) is 4.79 Å². The molecule has 0 aliphatic carbocycles. The number of nitrogens with zero attached hydrogens (tertiary/aromatic N) is 3. The van der Waals surface area contributed by atoms with E-state index in [-0.39, 0.29) is 12.5 Å². The largest absolute Gasteiger partial charge is 0.480 e. The fourth-order valence-corrected chi connectivity index (χ4v) is 2.63. The summed E-state index contributed by atoms with van der Waals surface area (Å²) >= 11 is 0. The Bertz CT molecular complexity index is 572. The Labute approximate surface area is 138 Å². The van der Waals surface area contributed by atoms with Gasteiger partial charge in [-0.1, -0.05) is 13.8 Å². The number of carboxylic acid groups (broad SMARTS) is 2. The Morgan fingerprint density at radius 2 is 1.88 bits per heavy atom. The van der Waals surface area contributed by atoms with Gasteiger partial charge in [-0.15, -0.1) is 0 Å². The zero-order valence-electron chi connectivity index (χ0n) is 13.5. The van der Waals surface area contributed by atoms with Crippen molar-refractivity contribution in [3.05, 3.63) is 18.7 Å². The molecule has 0 aromatic carbocycles. The average Bonchev–Trinajstić information content (AvgIpc) is 2.98. The number of carboxylic acids is 2. The molecule has 134 valence electrons. The summed E-state index contributed by atoms with van der Waals surface area (Å²) in [6, 6.07) is -0.966. The maximum atomic E-state index is 11.9. The van der Waals surface area contributed by atoms with Gasteiger partial charge in [0.25, 0.3) is 0 Å². The number of aliphatic carboxylic acids is 2. The van der Waals surface area contributed by atoms with Gasteiger partial charge in [0.1, 0.15) is 6.17 Å². The number of imidazole rings is 1. The second-order valence-electron chi connectivity index (χ2n) is 5.82. The Hall–Kier alpha value is -2.62. The minimum Gasteiger partial charge on any atom is -0.480 e. The van der Waals surface area contributed by atoms with Crippen molar-refractivity contribution in [2.45, 2.75) is 26.4 Å². The Morgan fingerprint density at radius 3 is 2.21 bits per heavy atom. The van der Waals surface area contributed by atoms with Crippen LogP contribution in [0.5, 0.6) is 0 Å². The van der Waals surface area contributed by atoms with E-state index in [1.807, 2.05) is 0 Å². The van der Waals surface area contributed by atoms with E-state index < -0.39 is 42.6 Å². The Morgan fingerprint density at radius 1 is 1.29 bits per heavy atom. The van der Waals surface area contributed by atoms with Gasteiger partial charge in [-0.25, -0.2) is 9.78 Å². The van der Waals surface area contributed by atoms with Crippen molar-refractivity contribution < 1.29 is 29.7 Å². The molecule has 1 unspecified atom stereocenters. The van der Waals surface area contributed by atoms with E-state index in [1.165, 1.54) is 23.3 Å². The standard InChI is InChI=1S/C14H22N4O6/c1-9(2)7-18(13(15)24)10(17-5-4-16-8-17)14(3-6-19,11(20)21)12(22)23/h4-5,8-10,19H,3,6-7H2,1-2H3,(H2,15,24)(H,20,21)(H,22,23). The van der Waals surface area contributed by atoms with Gasteiger partial charge in [0.2, 0.25) is 5.41 Å². The lowest BCUT2D eigenvalue weighted by Crippen LogP contribution is -2.56. The third kappa shape index (κ3) is 3.65. The lowest BCUT2D eigenvalue weighted by molar-refractivity contribution is -0.175. The first-order valence-electron chi connectivity index (χ1n) is 7.29. The minimum atomic E-state index is -2.49. The van der Waals surface area contributed by atoms with Crippen LogP contribution in [0.3, 0.4) is 0 Å². The van der Waals surface area contributed by atoms with E-state index in [4.69, 9.17) is 5.73 Å². The minimum absolute atomic E-state index is 0.0336. The fraction of sp³-hybridized carbons (Fsp3) is 0.571. The molecule has 0 spiro atoms. The molecule has 0 bridgehead atoms. The average molecular weight is 342 g/mol. The molecule has 0 saturated heterocycles. The molecule has 1 heterocycles. The van der Waals surface area contributed by atoms with Crippen molar-refractivity contribution in [3.63, 3.8) is 0 Å². The third-order valence-corrected chi connectivity index (χ3v) is 3.66. The molecule has 1 atom stereocenters. The first kappa shape index (κ1) is 19.4. The van der Waals surface area contributed by atoms with E-state index >= 15 is 0 Å². The van der Waals surface area contributed by atoms with Crippen molar-refractivity contribution in [2.24, 2.45) is 17.1 Å². The zero-order chi connectivity index (χ0) is 18.5. The maximum Gasteiger partial charge on any atom is 0.325 e. The van der Waals surface area contributed by atoms with Gasteiger partial charge in [0.15, 0.2) is 0 Å². The highest BCUT2D eigenvalue weighted by atomic mass is 16.4. The smallest absolute Gasteiger partial charge is 0.325 e. The van der Waals surface area contributed by atoms with Crippen molar-refractivity contribution in [3.8, 4) is 0 Å². The van der Waals surface area contributed by atoms with Crippen LogP contribution < -0.4 is 5.73 Å². The molecule has 5 N–H and O–H groups in total. The normalized spacial score (nSPS) is 12.8. The quantitative estimate of drug-likeness (QED) is 0.458. The molecule has 0 radical (unpaired) electrons. The lowest BCUT2D eigenvalue weighted by atomic mass is 9.80. The number of nitrogens with two attached hydrogens (primary N) is 1. The number of aliphatic hydroxyl groups excluding tert-OH is 1. The summed E-state index contributed by atoms with van der Waals surface area (Å²) < 4.78 is 1.20. The molecular formula is C14H22N4O6. The van der Waals surface area contributed by atoms with Gasteiger partial charge in [-0.2, -0.15) is 0 Å². The van der Waals surface area contributed by atoms with E-state index in [2.05, 4.69) is 4.98 Å². The van der Waals surface area contributed by atoms with Gasteiger partial charge in [0.05, 0.1) is 6.33 Å². The highest BCUT2D eigenvalue weighted by molar-refractivity contribution is 5.99. The van der Waals surface area contributed by atoms with Crippen LogP contribution in [-0.2, 0) is 9.59 Å². The van der Waals surface area contributed by atoms with E-state index in [9.17, 15) is 29.7 Å². The second kappa shape index (κ2) is 7.77. The zero-order valence-corrected chi connectivity index (χ0v) is 13.5. The van der Waals surface area contributed by atoms with Crippen LogP contribution >= 0.6 is 0 Å². The number of carbonyl (C=O) groups is 3. The van der Waals surface area contributed by atoms with Crippen LogP contribution in [0.15, 0.2) is 18.7 Å². The highest BCUT2D eigenvalue weighted by Crippen LogP contribution is 2.39. The summed E-state index contributed by atoms with van der Waals surface area (Å²) in [5.74, 6) is -3.46. The highest BCUT2D eigenvalue weighted by Gasteiger charge is 2.56. The number of aromatic nitrogens is 2. The monoisotopic (exact) mass is 342 g/mol. The molecule has 0 aliphatic rings. The number of rotatable bonds is 9. The van der Waals surface area contributed by atoms with E-state index in [1.54, 1.807) is 13.8 Å². The second-order valence-corrected chi connectivity index (χ2v) is 5.82. The molecule has 1 aromatic rings. The number of primary amides is 1. The molecule has 1 rings (SSSR count). The molecule has 1 aromatic heterocycles. The Kier molecular flexibility index (Phi) is 6.29. The summed E-state index contributed by atoms with van der Waals surface area (Å²) in [4.78, 5) is 40.5. The molecule has 24 heavy (non-hydrogen) atoms. The number of hydrogen-bond acceptors (Lipinski definition) is 5. The molecule has 0 saturated carbocycles. The summed E-state index contributed by atoms with van der Waals surface area (Å²) in [6.07, 6.45) is 1.79. The van der Waals surface area contributed by atoms with Gasteiger partial charge in [-0.3, -0.25) is 9.59 Å². The topological polar surface area (TPSA) is 159 Å². The van der Waals surface area contributed by atoms with Crippen LogP contribution in [0.25, 0.3) is 0 Å². The first-order chi connectivity index (χ1) is 11.2. The van der Waals surface area contributed by atoms with Crippen molar-refractivity contribution >= 4 is 18.0 Å². The molecule has 10 nitrogen and oxygen atoms in total. The molecule has 0 fully saturated rings. The first-order valence-corrected chi connectivity index (χ1v) is 7.29. The van der Waals surface area contributed by atoms with Crippen LogP contribution in [-0.4, -0.2) is 60.9 Å². The summed E-state index contributed by atoms with van der Waals surface area (Å²) in [6.45, 7) is 2.89. The molecule has 2 amide bonds.